The zero-order valence-electron chi connectivity index (χ0n) is 14.4. The minimum atomic E-state index is -0.367. The highest BCUT2D eigenvalue weighted by Crippen LogP contribution is 2.68. The van der Waals surface area contributed by atoms with Crippen molar-refractivity contribution in [2.75, 3.05) is 11.9 Å². The lowest BCUT2D eigenvalue weighted by molar-refractivity contribution is -0.118. The standard InChI is InChI=1S/C17H25NO3S/c1-8-21-15(20)11-9(2)10(3)22-14(11)18-13(19)12-16(4,5)17(12,6)7/h12H,8H2,1-7H3,(H,18,19). The number of esters is 1. The van der Waals surface area contributed by atoms with Gasteiger partial charge >= 0.3 is 5.97 Å². The first kappa shape index (κ1) is 17.0. The number of aryl methyl sites for hydroxylation is 1. The van der Waals surface area contributed by atoms with Crippen LogP contribution in [0.25, 0.3) is 0 Å². The van der Waals surface area contributed by atoms with Crippen molar-refractivity contribution in [1.82, 2.24) is 0 Å². The second-order valence-corrected chi connectivity index (χ2v) is 8.30. The summed E-state index contributed by atoms with van der Waals surface area (Å²) in [6, 6.07) is 0. The van der Waals surface area contributed by atoms with Gasteiger partial charge in [0.25, 0.3) is 0 Å². The summed E-state index contributed by atoms with van der Waals surface area (Å²) in [6.45, 7) is 14.4. The van der Waals surface area contributed by atoms with E-state index in [-0.39, 0.29) is 28.6 Å². The van der Waals surface area contributed by atoms with E-state index in [4.69, 9.17) is 4.74 Å². The lowest BCUT2D eigenvalue weighted by atomic mass is 10.0. The molecule has 2 rings (SSSR count). The van der Waals surface area contributed by atoms with E-state index in [1.807, 2.05) is 13.8 Å². The van der Waals surface area contributed by atoms with Gasteiger partial charge < -0.3 is 10.1 Å². The summed E-state index contributed by atoms with van der Waals surface area (Å²) in [6.07, 6.45) is 0. The van der Waals surface area contributed by atoms with Crippen molar-refractivity contribution < 1.29 is 14.3 Å². The van der Waals surface area contributed by atoms with Crippen LogP contribution in [0.3, 0.4) is 0 Å². The average molecular weight is 323 g/mol. The van der Waals surface area contributed by atoms with Gasteiger partial charge in [-0.2, -0.15) is 0 Å². The second kappa shape index (κ2) is 5.37. The zero-order valence-corrected chi connectivity index (χ0v) is 15.2. The molecule has 0 saturated heterocycles. The molecular weight excluding hydrogens is 298 g/mol. The molecule has 0 spiro atoms. The molecular formula is C17H25NO3S. The van der Waals surface area contributed by atoms with Crippen LogP contribution in [0.4, 0.5) is 5.00 Å². The molecule has 122 valence electrons. The van der Waals surface area contributed by atoms with Crippen molar-refractivity contribution in [2.45, 2.75) is 48.5 Å². The molecule has 1 aliphatic rings. The van der Waals surface area contributed by atoms with E-state index in [1.165, 1.54) is 11.3 Å². The third-order valence-electron chi connectivity index (χ3n) is 5.38. The summed E-state index contributed by atoms with van der Waals surface area (Å²) in [5.41, 5.74) is 1.33. The number of thiophene rings is 1. The SMILES string of the molecule is CCOC(=O)c1c(NC(=O)C2C(C)(C)C2(C)C)sc(C)c1C. The maximum absolute atomic E-state index is 12.6. The van der Waals surface area contributed by atoms with Gasteiger partial charge in [0.15, 0.2) is 0 Å². The molecule has 1 saturated carbocycles. The van der Waals surface area contributed by atoms with Crippen molar-refractivity contribution in [3.63, 3.8) is 0 Å². The first-order chi connectivity index (χ1) is 10.1. The van der Waals surface area contributed by atoms with E-state index in [2.05, 4.69) is 33.0 Å². The molecule has 1 amide bonds. The van der Waals surface area contributed by atoms with E-state index in [9.17, 15) is 9.59 Å². The molecule has 0 radical (unpaired) electrons. The van der Waals surface area contributed by atoms with Crippen LogP contribution in [0.5, 0.6) is 0 Å². The molecule has 4 nitrogen and oxygen atoms in total. The number of ether oxygens (including phenoxy) is 1. The highest BCUT2D eigenvalue weighted by atomic mass is 32.1. The fraction of sp³-hybridized carbons (Fsp3) is 0.647. The molecule has 1 aliphatic carbocycles. The fourth-order valence-electron chi connectivity index (χ4n) is 3.20. The summed E-state index contributed by atoms with van der Waals surface area (Å²) in [5, 5.41) is 3.57. The molecule has 0 aliphatic heterocycles. The molecule has 0 unspecified atom stereocenters. The van der Waals surface area contributed by atoms with E-state index < -0.39 is 0 Å². The number of anilines is 1. The van der Waals surface area contributed by atoms with Gasteiger partial charge in [0.2, 0.25) is 5.91 Å². The average Bonchev–Trinajstić information content (AvgIpc) is 2.62. The van der Waals surface area contributed by atoms with Crippen molar-refractivity contribution >= 4 is 28.2 Å². The molecule has 22 heavy (non-hydrogen) atoms. The number of hydrogen-bond donors (Lipinski definition) is 1. The van der Waals surface area contributed by atoms with Gasteiger partial charge in [-0.15, -0.1) is 11.3 Å². The highest BCUT2D eigenvalue weighted by molar-refractivity contribution is 7.16. The van der Waals surface area contributed by atoms with Crippen LogP contribution in [0.2, 0.25) is 0 Å². The molecule has 5 heteroatoms. The summed E-state index contributed by atoms with van der Waals surface area (Å²) >= 11 is 1.44. The summed E-state index contributed by atoms with van der Waals surface area (Å²) in [7, 11) is 0. The summed E-state index contributed by atoms with van der Waals surface area (Å²) < 4.78 is 5.12. The Labute approximate surface area is 136 Å². The fourth-order valence-corrected chi connectivity index (χ4v) is 4.25. The van der Waals surface area contributed by atoms with Gasteiger partial charge in [0.05, 0.1) is 12.2 Å². The quantitative estimate of drug-likeness (QED) is 0.846. The number of nitrogens with one attached hydrogen (secondary N) is 1. The third kappa shape index (κ3) is 2.45. The maximum Gasteiger partial charge on any atom is 0.341 e. The lowest BCUT2D eigenvalue weighted by Gasteiger charge is -2.08. The molecule has 1 N–H and O–H groups in total. The monoisotopic (exact) mass is 323 g/mol. The molecule has 1 fully saturated rings. The number of amides is 1. The van der Waals surface area contributed by atoms with Gasteiger partial charge in [-0.05, 0) is 37.2 Å². The van der Waals surface area contributed by atoms with Gasteiger partial charge in [0.1, 0.15) is 5.00 Å². The number of carbonyl (C=O) groups is 2. The normalized spacial score (nSPS) is 18.9. The topological polar surface area (TPSA) is 55.4 Å². The summed E-state index contributed by atoms with van der Waals surface area (Å²) in [4.78, 5) is 25.8. The minimum absolute atomic E-state index is 0.0122. The predicted molar refractivity (Wildman–Crippen MR) is 89.4 cm³/mol. The Morgan fingerprint density at radius 1 is 1.18 bits per heavy atom. The maximum atomic E-state index is 12.6. The van der Waals surface area contributed by atoms with Crippen molar-refractivity contribution in [1.29, 1.82) is 0 Å². The Hall–Kier alpha value is -1.36. The first-order valence-electron chi connectivity index (χ1n) is 7.63. The van der Waals surface area contributed by atoms with Gasteiger partial charge in [0, 0.05) is 10.8 Å². The van der Waals surface area contributed by atoms with Crippen LogP contribution in [0.15, 0.2) is 0 Å². The van der Waals surface area contributed by atoms with E-state index in [1.54, 1.807) is 6.92 Å². The largest absolute Gasteiger partial charge is 0.462 e. The third-order valence-corrected chi connectivity index (χ3v) is 6.51. The lowest BCUT2D eigenvalue weighted by Crippen LogP contribution is -2.19. The van der Waals surface area contributed by atoms with Crippen molar-refractivity contribution in [3.05, 3.63) is 16.0 Å². The second-order valence-electron chi connectivity index (χ2n) is 7.07. The number of hydrogen-bond acceptors (Lipinski definition) is 4. The smallest absolute Gasteiger partial charge is 0.341 e. The molecule has 0 bridgehead atoms. The van der Waals surface area contributed by atoms with E-state index in [0.717, 1.165) is 10.4 Å². The molecule has 1 aromatic heterocycles. The minimum Gasteiger partial charge on any atom is -0.462 e. The Kier molecular flexibility index (Phi) is 4.15. The van der Waals surface area contributed by atoms with Crippen LogP contribution in [0, 0.1) is 30.6 Å². The van der Waals surface area contributed by atoms with Crippen LogP contribution < -0.4 is 5.32 Å². The van der Waals surface area contributed by atoms with Gasteiger partial charge in [-0.1, -0.05) is 27.7 Å². The Balaban J connectivity index is 2.26. The van der Waals surface area contributed by atoms with E-state index in [0.29, 0.717) is 17.2 Å². The van der Waals surface area contributed by atoms with Crippen LogP contribution in [-0.2, 0) is 9.53 Å². The first-order valence-corrected chi connectivity index (χ1v) is 8.45. The van der Waals surface area contributed by atoms with Crippen molar-refractivity contribution in [2.24, 2.45) is 16.7 Å². The van der Waals surface area contributed by atoms with Crippen molar-refractivity contribution in [3.8, 4) is 0 Å². The number of carbonyl (C=O) groups excluding carboxylic acids is 2. The Morgan fingerprint density at radius 3 is 2.18 bits per heavy atom. The Morgan fingerprint density at radius 2 is 1.73 bits per heavy atom. The van der Waals surface area contributed by atoms with Gasteiger partial charge in [-0.25, -0.2) is 4.79 Å². The molecule has 0 atom stereocenters. The molecule has 1 heterocycles. The Bertz CT molecular complexity index is 614. The molecule has 1 aromatic rings. The zero-order chi connectivity index (χ0) is 16.9. The van der Waals surface area contributed by atoms with E-state index >= 15 is 0 Å². The highest BCUT2D eigenvalue weighted by Gasteiger charge is 2.68. The molecule has 0 aromatic carbocycles. The summed E-state index contributed by atoms with van der Waals surface area (Å²) in [5.74, 6) is -0.423. The number of rotatable bonds is 4. The predicted octanol–water partition coefficient (Wildman–Crippen LogP) is 4.16. The van der Waals surface area contributed by atoms with Crippen LogP contribution >= 0.6 is 11.3 Å². The van der Waals surface area contributed by atoms with Crippen LogP contribution in [0.1, 0.15) is 55.4 Å². The van der Waals surface area contributed by atoms with Crippen LogP contribution in [-0.4, -0.2) is 18.5 Å². The van der Waals surface area contributed by atoms with Gasteiger partial charge in [-0.3, -0.25) is 4.79 Å².